The van der Waals surface area contributed by atoms with Crippen LogP contribution in [0.3, 0.4) is 0 Å². The number of hydrogen-bond acceptors (Lipinski definition) is 3. The predicted molar refractivity (Wildman–Crippen MR) is 81.8 cm³/mol. The second-order valence-electron chi connectivity index (χ2n) is 7.95. The van der Waals surface area contributed by atoms with Gasteiger partial charge >= 0.3 is 0 Å². The highest BCUT2D eigenvalue weighted by Crippen LogP contribution is 2.59. The zero-order chi connectivity index (χ0) is 15.0. The van der Waals surface area contributed by atoms with Gasteiger partial charge in [0.1, 0.15) is 5.78 Å². The van der Waals surface area contributed by atoms with Crippen LogP contribution in [0.4, 0.5) is 0 Å². The summed E-state index contributed by atoms with van der Waals surface area (Å²) in [6, 6.07) is 0. The Hall–Kier alpha value is -0.410. The molecule has 0 N–H and O–H groups in total. The summed E-state index contributed by atoms with van der Waals surface area (Å²) in [5.41, 5.74) is 0.363. The van der Waals surface area contributed by atoms with Crippen LogP contribution in [-0.4, -0.2) is 25.3 Å². The molecule has 1 aliphatic heterocycles. The van der Waals surface area contributed by atoms with Crippen LogP contribution in [0.2, 0.25) is 0 Å². The molecule has 3 fully saturated rings. The fraction of sp³-hybridized carbons (Fsp3) is 0.944. The first kappa shape index (κ1) is 15.5. The topological polar surface area (TPSA) is 35.5 Å². The molecule has 3 rings (SSSR count). The highest BCUT2D eigenvalue weighted by Gasteiger charge is 2.53. The Morgan fingerprint density at radius 2 is 1.90 bits per heavy atom. The summed E-state index contributed by atoms with van der Waals surface area (Å²) in [6.45, 7) is 8.55. The molecule has 0 aromatic rings. The average Bonchev–Trinajstić information content (AvgIpc) is 3.04. The maximum atomic E-state index is 12.3. The van der Waals surface area contributed by atoms with Gasteiger partial charge in [-0.15, -0.1) is 0 Å². The highest BCUT2D eigenvalue weighted by molar-refractivity contribution is 5.80. The molecule has 0 unspecified atom stereocenters. The highest BCUT2D eigenvalue weighted by atomic mass is 16.7. The fourth-order valence-corrected chi connectivity index (χ4v) is 5.22. The van der Waals surface area contributed by atoms with Crippen molar-refractivity contribution < 1.29 is 14.3 Å². The molecule has 3 aliphatic rings. The first-order valence-electron chi connectivity index (χ1n) is 8.75. The van der Waals surface area contributed by atoms with Crippen LogP contribution in [0.15, 0.2) is 0 Å². The molecule has 1 heterocycles. The van der Waals surface area contributed by atoms with Crippen molar-refractivity contribution in [3.8, 4) is 0 Å². The van der Waals surface area contributed by atoms with Crippen molar-refractivity contribution in [1.29, 1.82) is 0 Å². The molecule has 0 spiro atoms. The number of rotatable bonds is 4. The number of hydrogen-bond donors (Lipinski definition) is 0. The summed E-state index contributed by atoms with van der Waals surface area (Å²) in [7, 11) is 0. The van der Waals surface area contributed by atoms with Crippen molar-refractivity contribution in [2.75, 3.05) is 13.2 Å². The van der Waals surface area contributed by atoms with Crippen molar-refractivity contribution in [3.05, 3.63) is 0 Å². The van der Waals surface area contributed by atoms with Gasteiger partial charge in [-0.1, -0.05) is 20.8 Å². The monoisotopic (exact) mass is 294 g/mol. The van der Waals surface area contributed by atoms with Crippen LogP contribution in [0.25, 0.3) is 0 Å². The summed E-state index contributed by atoms with van der Waals surface area (Å²) >= 11 is 0. The van der Waals surface area contributed by atoms with Crippen molar-refractivity contribution in [3.63, 3.8) is 0 Å². The molecule has 3 heteroatoms. The van der Waals surface area contributed by atoms with Crippen LogP contribution in [-0.2, 0) is 14.3 Å². The van der Waals surface area contributed by atoms with Gasteiger partial charge in [-0.25, -0.2) is 0 Å². The number of carbonyl (C=O) groups excluding carboxylic acids is 1. The van der Waals surface area contributed by atoms with E-state index in [9.17, 15) is 4.79 Å². The largest absolute Gasteiger partial charge is 0.350 e. The van der Waals surface area contributed by atoms with E-state index in [-0.39, 0.29) is 6.29 Å². The molecular formula is C18H30O3. The maximum Gasteiger partial charge on any atom is 0.157 e. The Morgan fingerprint density at radius 3 is 2.57 bits per heavy atom. The minimum atomic E-state index is -0.0219. The van der Waals surface area contributed by atoms with Gasteiger partial charge in [0, 0.05) is 12.8 Å². The molecule has 3 nitrogen and oxygen atoms in total. The molecule has 0 aromatic heterocycles. The van der Waals surface area contributed by atoms with Gasteiger partial charge in [-0.05, 0) is 54.8 Å². The lowest BCUT2D eigenvalue weighted by atomic mass is 9.59. The van der Waals surface area contributed by atoms with Crippen LogP contribution >= 0.6 is 0 Å². The van der Waals surface area contributed by atoms with Gasteiger partial charge in [0.15, 0.2) is 6.29 Å². The van der Waals surface area contributed by atoms with E-state index in [2.05, 4.69) is 20.8 Å². The van der Waals surface area contributed by atoms with Crippen molar-refractivity contribution in [2.45, 2.75) is 65.6 Å². The fourth-order valence-electron chi connectivity index (χ4n) is 5.22. The van der Waals surface area contributed by atoms with E-state index in [4.69, 9.17) is 9.47 Å². The van der Waals surface area contributed by atoms with E-state index in [0.717, 1.165) is 44.8 Å². The lowest BCUT2D eigenvalue weighted by Crippen LogP contribution is -2.41. The zero-order valence-corrected chi connectivity index (χ0v) is 13.8. The Kier molecular flexibility index (Phi) is 4.42. The number of ether oxygens (including phenoxy) is 2. The summed E-state index contributed by atoms with van der Waals surface area (Å²) in [5, 5.41) is 0. The molecule has 0 aromatic carbocycles. The van der Waals surface area contributed by atoms with Crippen LogP contribution in [0.1, 0.15) is 59.3 Å². The third kappa shape index (κ3) is 2.92. The quantitative estimate of drug-likeness (QED) is 0.791. The first-order chi connectivity index (χ1) is 10.0. The molecule has 1 saturated heterocycles. The Morgan fingerprint density at radius 1 is 1.19 bits per heavy atom. The van der Waals surface area contributed by atoms with Gasteiger partial charge in [0.2, 0.25) is 0 Å². The van der Waals surface area contributed by atoms with Gasteiger partial charge in [0.05, 0.1) is 13.2 Å². The average molecular weight is 294 g/mol. The van der Waals surface area contributed by atoms with E-state index in [1.807, 2.05) is 0 Å². The molecule has 4 atom stereocenters. The standard InChI is InChI=1S/C18H30O3/c1-12(2)15-6-7-18(3)13(10-14(19)11-16(15)18)4-5-17-20-8-9-21-17/h12-13,15-17H,4-11H2,1-3H3/t13-,15-,16-,18+/m0/s1. The molecular weight excluding hydrogens is 264 g/mol. The summed E-state index contributed by atoms with van der Waals surface area (Å²) in [5.74, 6) is 3.06. The van der Waals surface area contributed by atoms with E-state index in [1.54, 1.807) is 0 Å². The van der Waals surface area contributed by atoms with Crippen molar-refractivity contribution >= 4 is 5.78 Å². The van der Waals surface area contributed by atoms with Gasteiger partial charge in [-0.3, -0.25) is 4.79 Å². The van der Waals surface area contributed by atoms with Crippen LogP contribution < -0.4 is 0 Å². The van der Waals surface area contributed by atoms with Crippen LogP contribution in [0, 0.1) is 29.1 Å². The third-order valence-corrected chi connectivity index (χ3v) is 6.53. The number of Topliss-reactive ketones (excluding diaryl/α,β-unsaturated/α-hetero) is 1. The second-order valence-corrected chi connectivity index (χ2v) is 7.95. The summed E-state index contributed by atoms with van der Waals surface area (Å²) in [6.07, 6.45) is 6.22. The smallest absolute Gasteiger partial charge is 0.157 e. The number of fused-ring (bicyclic) bond motifs is 1. The normalized spacial score (nSPS) is 41.0. The Labute approximate surface area is 128 Å². The Bertz CT molecular complexity index is 386. The van der Waals surface area contributed by atoms with Gasteiger partial charge in [0.25, 0.3) is 0 Å². The van der Waals surface area contributed by atoms with E-state index in [1.165, 1.54) is 12.8 Å². The first-order valence-corrected chi connectivity index (χ1v) is 8.75. The number of ketones is 1. The molecule has 2 aliphatic carbocycles. The Balaban J connectivity index is 1.69. The molecule has 0 radical (unpaired) electrons. The van der Waals surface area contributed by atoms with Crippen molar-refractivity contribution in [1.82, 2.24) is 0 Å². The summed E-state index contributed by atoms with van der Waals surface area (Å²) < 4.78 is 11.1. The predicted octanol–water partition coefficient (Wildman–Crippen LogP) is 3.81. The van der Waals surface area contributed by atoms with E-state index in [0.29, 0.717) is 29.0 Å². The summed E-state index contributed by atoms with van der Waals surface area (Å²) in [4.78, 5) is 12.3. The maximum absolute atomic E-state index is 12.3. The lowest BCUT2D eigenvalue weighted by Gasteiger charge is -2.45. The molecule has 120 valence electrons. The second kappa shape index (κ2) is 6.00. The molecule has 0 amide bonds. The number of carbonyl (C=O) groups is 1. The van der Waals surface area contributed by atoms with Gasteiger partial charge < -0.3 is 9.47 Å². The van der Waals surface area contributed by atoms with Crippen molar-refractivity contribution in [2.24, 2.45) is 29.1 Å². The zero-order valence-electron chi connectivity index (χ0n) is 13.8. The molecule has 21 heavy (non-hydrogen) atoms. The van der Waals surface area contributed by atoms with E-state index >= 15 is 0 Å². The molecule has 2 saturated carbocycles. The van der Waals surface area contributed by atoms with Crippen LogP contribution in [0.5, 0.6) is 0 Å². The minimum absolute atomic E-state index is 0.0219. The molecule has 0 bridgehead atoms. The van der Waals surface area contributed by atoms with Gasteiger partial charge in [-0.2, -0.15) is 0 Å². The minimum Gasteiger partial charge on any atom is -0.350 e. The lowest BCUT2D eigenvalue weighted by molar-refractivity contribution is -0.129. The SMILES string of the molecule is CC(C)[C@@H]1CC[C@]2(C)[C@@H](CCC3OCCO3)CC(=O)C[C@@H]12. The van der Waals surface area contributed by atoms with E-state index < -0.39 is 0 Å². The third-order valence-electron chi connectivity index (χ3n) is 6.53.